The van der Waals surface area contributed by atoms with E-state index in [0.29, 0.717) is 23.5 Å². The van der Waals surface area contributed by atoms with Gasteiger partial charge in [-0.05, 0) is 44.2 Å². The smallest absolute Gasteiger partial charge is 0.155 e. The van der Waals surface area contributed by atoms with E-state index in [1.807, 2.05) is 33.2 Å². The number of nitrogens with zero attached hydrogens (tertiary/aromatic N) is 2. The summed E-state index contributed by atoms with van der Waals surface area (Å²) in [6.07, 6.45) is 3.95. The van der Waals surface area contributed by atoms with Crippen LogP contribution in [0.15, 0.2) is 18.5 Å². The summed E-state index contributed by atoms with van der Waals surface area (Å²) in [5, 5.41) is 3.69. The van der Waals surface area contributed by atoms with Crippen molar-refractivity contribution in [3.05, 3.63) is 24.0 Å². The summed E-state index contributed by atoms with van der Waals surface area (Å²) in [7, 11) is 0. The zero-order chi connectivity index (χ0) is 18.7. The lowest BCUT2D eigenvalue weighted by Gasteiger charge is -2.43. The summed E-state index contributed by atoms with van der Waals surface area (Å²) < 4.78 is 0. The minimum absolute atomic E-state index is 0.0659. The average Bonchev–Trinajstić information content (AvgIpc) is 2.97. The van der Waals surface area contributed by atoms with Gasteiger partial charge in [-0.2, -0.15) is 0 Å². The molecule has 2 aliphatic heterocycles. The lowest BCUT2D eigenvalue weighted by atomic mass is 9.73. The summed E-state index contributed by atoms with van der Waals surface area (Å²) in [4.78, 5) is 20.2. The SMILES string of the molecule is CC(C)C1C2c3ccncc3NC2N(C(C)(C)C)C1C(=O)C(C)(C)C. The fourth-order valence-electron chi connectivity index (χ4n) is 4.81. The van der Waals surface area contributed by atoms with E-state index in [-0.39, 0.29) is 23.2 Å². The number of anilines is 1. The van der Waals surface area contributed by atoms with E-state index >= 15 is 0 Å². The van der Waals surface area contributed by atoms with E-state index in [9.17, 15) is 4.79 Å². The summed E-state index contributed by atoms with van der Waals surface area (Å²) in [6.45, 7) is 17.3. The molecule has 138 valence electrons. The normalized spacial score (nSPS) is 29.5. The number of hydrogen-bond donors (Lipinski definition) is 1. The number of pyridine rings is 1. The summed E-state index contributed by atoms with van der Waals surface area (Å²) in [5.74, 6) is 1.41. The lowest BCUT2D eigenvalue weighted by Crippen LogP contribution is -2.56. The molecule has 4 unspecified atom stereocenters. The molecule has 1 fully saturated rings. The van der Waals surface area contributed by atoms with Gasteiger partial charge >= 0.3 is 0 Å². The number of hydrogen-bond acceptors (Lipinski definition) is 4. The van der Waals surface area contributed by atoms with Gasteiger partial charge < -0.3 is 5.32 Å². The minimum Gasteiger partial charge on any atom is -0.368 e. The first kappa shape index (κ1) is 18.4. The number of likely N-dealkylation sites (tertiary alicyclic amines) is 1. The van der Waals surface area contributed by atoms with Crippen LogP contribution in [0.1, 0.15) is 66.9 Å². The number of nitrogens with one attached hydrogen (secondary N) is 1. The number of aromatic nitrogens is 1. The molecule has 0 bridgehead atoms. The number of fused-ring (bicyclic) bond motifs is 3. The first-order chi connectivity index (χ1) is 11.4. The fraction of sp³-hybridized carbons (Fsp3) is 0.714. The highest BCUT2D eigenvalue weighted by Crippen LogP contribution is 2.54. The maximum Gasteiger partial charge on any atom is 0.155 e. The zero-order valence-electron chi connectivity index (χ0n) is 16.9. The van der Waals surface area contributed by atoms with Crippen molar-refractivity contribution >= 4 is 11.5 Å². The number of carbonyl (C=O) groups excluding carboxylic acids is 1. The van der Waals surface area contributed by atoms with Gasteiger partial charge in [-0.15, -0.1) is 0 Å². The second-order valence-corrected chi connectivity index (χ2v) is 10.0. The van der Waals surface area contributed by atoms with Crippen molar-refractivity contribution < 1.29 is 4.79 Å². The van der Waals surface area contributed by atoms with Crippen molar-refractivity contribution in [2.75, 3.05) is 5.32 Å². The molecule has 3 heterocycles. The molecule has 4 atom stereocenters. The van der Waals surface area contributed by atoms with Gasteiger partial charge in [-0.3, -0.25) is 14.7 Å². The number of rotatable bonds is 2. The van der Waals surface area contributed by atoms with Crippen LogP contribution >= 0.6 is 0 Å². The molecule has 0 radical (unpaired) electrons. The highest BCUT2D eigenvalue weighted by atomic mass is 16.1. The van der Waals surface area contributed by atoms with Crippen molar-refractivity contribution in [1.29, 1.82) is 0 Å². The summed E-state index contributed by atoms with van der Waals surface area (Å²) >= 11 is 0. The molecule has 4 nitrogen and oxygen atoms in total. The minimum atomic E-state index is -0.346. The van der Waals surface area contributed by atoms with Crippen molar-refractivity contribution in [1.82, 2.24) is 9.88 Å². The van der Waals surface area contributed by atoms with E-state index in [1.165, 1.54) is 5.56 Å². The fourth-order valence-corrected chi connectivity index (χ4v) is 4.81. The molecule has 1 aromatic rings. The Bertz CT molecular complexity index is 668. The molecule has 0 amide bonds. The first-order valence-electron chi connectivity index (χ1n) is 9.48. The van der Waals surface area contributed by atoms with Crippen molar-refractivity contribution in [3.8, 4) is 0 Å². The molecule has 1 aromatic heterocycles. The van der Waals surface area contributed by atoms with Gasteiger partial charge in [0, 0.05) is 23.1 Å². The Balaban J connectivity index is 2.16. The first-order valence-corrected chi connectivity index (χ1v) is 9.48. The van der Waals surface area contributed by atoms with Crippen molar-refractivity contribution in [2.45, 2.75) is 79.1 Å². The van der Waals surface area contributed by atoms with Gasteiger partial charge in [0.05, 0.1) is 24.1 Å². The van der Waals surface area contributed by atoms with Crippen LogP contribution in [0.25, 0.3) is 0 Å². The molecule has 0 aromatic carbocycles. The Labute approximate surface area is 152 Å². The van der Waals surface area contributed by atoms with Crippen LogP contribution in [0, 0.1) is 17.3 Å². The Morgan fingerprint density at radius 1 is 1.20 bits per heavy atom. The maximum atomic E-state index is 13.5. The Kier molecular flexibility index (Phi) is 4.26. The predicted octanol–water partition coefficient (Wildman–Crippen LogP) is 4.29. The van der Waals surface area contributed by atoms with Gasteiger partial charge in [0.15, 0.2) is 5.78 Å². The maximum absolute atomic E-state index is 13.5. The van der Waals surface area contributed by atoms with E-state index in [2.05, 4.69) is 55.9 Å². The van der Waals surface area contributed by atoms with E-state index in [1.54, 1.807) is 0 Å². The van der Waals surface area contributed by atoms with Crippen LogP contribution in [-0.2, 0) is 4.79 Å². The van der Waals surface area contributed by atoms with E-state index in [0.717, 1.165) is 5.69 Å². The molecular weight excluding hydrogens is 310 g/mol. The van der Waals surface area contributed by atoms with Crippen LogP contribution in [0.3, 0.4) is 0 Å². The number of carbonyl (C=O) groups is 1. The zero-order valence-corrected chi connectivity index (χ0v) is 16.9. The third-order valence-electron chi connectivity index (χ3n) is 5.79. The highest BCUT2D eigenvalue weighted by Gasteiger charge is 2.59. The third kappa shape index (κ3) is 2.88. The molecule has 0 aliphatic carbocycles. The van der Waals surface area contributed by atoms with Crippen LogP contribution in [0.2, 0.25) is 0 Å². The van der Waals surface area contributed by atoms with Crippen LogP contribution in [-0.4, -0.2) is 33.4 Å². The van der Waals surface area contributed by atoms with Crippen molar-refractivity contribution in [3.63, 3.8) is 0 Å². The van der Waals surface area contributed by atoms with E-state index in [4.69, 9.17) is 0 Å². The van der Waals surface area contributed by atoms with Gasteiger partial charge in [-0.25, -0.2) is 0 Å². The molecule has 3 rings (SSSR count). The molecule has 1 N–H and O–H groups in total. The topological polar surface area (TPSA) is 45.2 Å². The largest absolute Gasteiger partial charge is 0.368 e. The molecular formula is C21H33N3O. The molecule has 0 spiro atoms. The van der Waals surface area contributed by atoms with Gasteiger partial charge in [0.25, 0.3) is 0 Å². The summed E-state index contributed by atoms with van der Waals surface area (Å²) in [5.41, 5.74) is 2.00. The van der Waals surface area contributed by atoms with Crippen molar-refractivity contribution in [2.24, 2.45) is 17.3 Å². The van der Waals surface area contributed by atoms with Gasteiger partial charge in [0.1, 0.15) is 0 Å². The van der Waals surface area contributed by atoms with Crippen LogP contribution in [0.5, 0.6) is 0 Å². The second kappa shape index (κ2) is 5.80. The molecule has 1 saturated heterocycles. The van der Waals surface area contributed by atoms with Gasteiger partial charge in [-0.1, -0.05) is 34.6 Å². The average molecular weight is 344 g/mol. The quantitative estimate of drug-likeness (QED) is 0.870. The number of Topliss-reactive ketones (excluding diaryl/α,β-unsaturated/α-hetero) is 1. The Hall–Kier alpha value is -1.42. The second-order valence-electron chi connectivity index (χ2n) is 10.0. The van der Waals surface area contributed by atoms with Crippen LogP contribution in [0.4, 0.5) is 5.69 Å². The highest BCUT2D eigenvalue weighted by molar-refractivity contribution is 5.90. The Morgan fingerprint density at radius 2 is 1.84 bits per heavy atom. The predicted molar refractivity (Wildman–Crippen MR) is 103 cm³/mol. The van der Waals surface area contributed by atoms with E-state index < -0.39 is 0 Å². The molecule has 0 saturated carbocycles. The molecule has 25 heavy (non-hydrogen) atoms. The Morgan fingerprint density at radius 3 is 2.36 bits per heavy atom. The monoisotopic (exact) mass is 343 g/mol. The van der Waals surface area contributed by atoms with Crippen LogP contribution < -0.4 is 5.32 Å². The number of ketones is 1. The molecule has 4 heteroatoms. The third-order valence-corrected chi connectivity index (χ3v) is 5.79. The van der Waals surface area contributed by atoms with Gasteiger partial charge in [0.2, 0.25) is 0 Å². The lowest BCUT2D eigenvalue weighted by molar-refractivity contribution is -0.135. The standard InChI is InChI=1S/C21H33N3O/c1-12(2)15-16-13-9-10-22-11-14(13)23-19(16)24(21(6,7)8)17(15)18(25)20(3,4)5/h9-12,15-17,19,23H,1-8H3. The molecule has 2 aliphatic rings. The summed E-state index contributed by atoms with van der Waals surface area (Å²) in [6, 6.07) is 2.07.